The van der Waals surface area contributed by atoms with Crippen molar-refractivity contribution in [2.75, 3.05) is 5.32 Å². The molecule has 0 spiro atoms. The molecular formula is C17H16N6O. The first-order valence-corrected chi connectivity index (χ1v) is 7.54. The van der Waals surface area contributed by atoms with Crippen molar-refractivity contribution in [3.8, 4) is 6.07 Å². The van der Waals surface area contributed by atoms with Gasteiger partial charge in [0.15, 0.2) is 0 Å². The first kappa shape index (κ1) is 15.6. The Hall–Kier alpha value is -3.27. The van der Waals surface area contributed by atoms with Gasteiger partial charge in [-0.15, -0.1) is 0 Å². The largest absolute Gasteiger partial charge is 0.326 e. The van der Waals surface area contributed by atoms with Gasteiger partial charge < -0.3 is 5.32 Å². The lowest BCUT2D eigenvalue weighted by molar-refractivity contribution is -0.116. The molecule has 0 saturated heterocycles. The van der Waals surface area contributed by atoms with Gasteiger partial charge >= 0.3 is 0 Å². The number of hydrogen-bond donors (Lipinski definition) is 1. The van der Waals surface area contributed by atoms with E-state index in [0.717, 1.165) is 17.0 Å². The van der Waals surface area contributed by atoms with Gasteiger partial charge in [0.05, 0.1) is 11.6 Å². The molecule has 7 heteroatoms. The fourth-order valence-corrected chi connectivity index (χ4v) is 2.61. The number of benzene rings is 1. The number of hydrogen-bond acceptors (Lipinski definition) is 5. The van der Waals surface area contributed by atoms with Crippen LogP contribution in [0.3, 0.4) is 0 Å². The molecule has 0 aliphatic rings. The summed E-state index contributed by atoms with van der Waals surface area (Å²) < 4.78 is 1.68. The van der Waals surface area contributed by atoms with Crippen LogP contribution < -0.4 is 5.32 Å². The van der Waals surface area contributed by atoms with Crippen LogP contribution in [0.15, 0.2) is 30.6 Å². The maximum Gasteiger partial charge on any atom is 0.252 e. The zero-order valence-corrected chi connectivity index (χ0v) is 13.4. The Morgan fingerprint density at radius 2 is 2.04 bits per heavy atom. The number of fused-ring (bicyclic) bond motifs is 1. The summed E-state index contributed by atoms with van der Waals surface area (Å²) in [5, 5.41) is 15.8. The Kier molecular flexibility index (Phi) is 4.20. The van der Waals surface area contributed by atoms with Gasteiger partial charge in [0.25, 0.3) is 5.78 Å². The van der Waals surface area contributed by atoms with Gasteiger partial charge in [0.2, 0.25) is 5.91 Å². The van der Waals surface area contributed by atoms with Crippen LogP contribution >= 0.6 is 0 Å². The van der Waals surface area contributed by atoms with Crippen LogP contribution in [0.4, 0.5) is 5.69 Å². The Morgan fingerprint density at radius 3 is 2.75 bits per heavy atom. The number of anilines is 1. The molecule has 0 bridgehead atoms. The molecule has 1 aromatic carbocycles. The summed E-state index contributed by atoms with van der Waals surface area (Å²) in [6.07, 6.45) is 2.38. The molecule has 120 valence electrons. The van der Waals surface area contributed by atoms with Crippen molar-refractivity contribution in [2.45, 2.75) is 26.7 Å². The van der Waals surface area contributed by atoms with Crippen molar-refractivity contribution in [1.29, 1.82) is 5.26 Å². The molecule has 1 N–H and O–H groups in total. The second kappa shape index (κ2) is 6.46. The molecule has 3 aromatic rings. The van der Waals surface area contributed by atoms with Crippen LogP contribution in [0.5, 0.6) is 0 Å². The van der Waals surface area contributed by atoms with Crippen LogP contribution in [0.25, 0.3) is 5.78 Å². The lowest BCUT2D eigenvalue weighted by Gasteiger charge is -2.10. The number of aryl methyl sites for hydroxylation is 2. The van der Waals surface area contributed by atoms with E-state index >= 15 is 0 Å². The lowest BCUT2D eigenvalue weighted by atomic mass is 10.1. The average molecular weight is 320 g/mol. The number of nitrogens with zero attached hydrogens (tertiary/aromatic N) is 5. The lowest BCUT2D eigenvalue weighted by Crippen LogP contribution is -2.14. The molecule has 0 fully saturated rings. The molecule has 1 amide bonds. The molecule has 0 aliphatic heterocycles. The zero-order chi connectivity index (χ0) is 17.1. The van der Waals surface area contributed by atoms with Crippen LogP contribution in [-0.4, -0.2) is 25.5 Å². The monoisotopic (exact) mass is 320 g/mol. The summed E-state index contributed by atoms with van der Waals surface area (Å²) in [5.74, 6) is 0.480. The van der Waals surface area contributed by atoms with Gasteiger partial charge in [0.1, 0.15) is 6.33 Å². The van der Waals surface area contributed by atoms with Gasteiger partial charge in [-0.2, -0.15) is 15.3 Å². The van der Waals surface area contributed by atoms with Crippen LogP contribution in [-0.2, 0) is 11.2 Å². The Bertz CT molecular complexity index is 936. The predicted octanol–water partition coefficient (Wildman–Crippen LogP) is 2.18. The van der Waals surface area contributed by atoms with E-state index in [1.807, 2.05) is 19.9 Å². The fraction of sp³-hybridized carbons (Fsp3) is 0.235. The minimum Gasteiger partial charge on any atom is -0.326 e. The molecule has 24 heavy (non-hydrogen) atoms. The zero-order valence-electron chi connectivity index (χ0n) is 13.4. The summed E-state index contributed by atoms with van der Waals surface area (Å²) in [5.41, 5.74) is 4.05. The highest BCUT2D eigenvalue weighted by Crippen LogP contribution is 2.16. The fourth-order valence-electron chi connectivity index (χ4n) is 2.61. The van der Waals surface area contributed by atoms with Crippen molar-refractivity contribution in [3.05, 3.63) is 53.1 Å². The third kappa shape index (κ3) is 3.08. The third-order valence-corrected chi connectivity index (χ3v) is 3.89. The molecular weight excluding hydrogens is 304 g/mol. The highest BCUT2D eigenvalue weighted by atomic mass is 16.1. The number of amides is 1. The normalized spacial score (nSPS) is 10.5. The second-order valence-electron chi connectivity index (χ2n) is 5.47. The summed E-state index contributed by atoms with van der Waals surface area (Å²) in [4.78, 5) is 20.6. The highest BCUT2D eigenvalue weighted by molar-refractivity contribution is 5.90. The molecule has 3 rings (SSSR count). The van der Waals surface area contributed by atoms with Gasteiger partial charge in [0, 0.05) is 23.5 Å². The van der Waals surface area contributed by atoms with Gasteiger partial charge in [-0.1, -0.05) is 0 Å². The van der Waals surface area contributed by atoms with E-state index in [1.165, 1.54) is 6.33 Å². The first-order valence-electron chi connectivity index (χ1n) is 7.54. The minimum atomic E-state index is -0.0859. The molecule has 0 aliphatic carbocycles. The van der Waals surface area contributed by atoms with Gasteiger partial charge in [-0.25, -0.2) is 9.50 Å². The Balaban J connectivity index is 1.69. The number of carbonyl (C=O) groups excluding carboxylic acids is 1. The van der Waals surface area contributed by atoms with Crippen LogP contribution in [0, 0.1) is 25.2 Å². The molecule has 7 nitrogen and oxygen atoms in total. The summed E-state index contributed by atoms with van der Waals surface area (Å²) in [6, 6.07) is 8.83. The standard InChI is InChI=1S/C17H16N6O/c1-11-15(12(2)23-17(21-11)19-10-20-23)7-8-16(24)22-14-5-3-13(9-18)4-6-14/h3-6,10H,7-8H2,1-2H3,(H,22,24). The quantitative estimate of drug-likeness (QED) is 0.795. The van der Waals surface area contributed by atoms with Crippen molar-refractivity contribution in [2.24, 2.45) is 0 Å². The summed E-state index contributed by atoms with van der Waals surface area (Å²) in [7, 11) is 0. The molecule has 0 radical (unpaired) electrons. The van der Waals surface area contributed by atoms with E-state index in [0.29, 0.717) is 29.9 Å². The van der Waals surface area contributed by atoms with E-state index < -0.39 is 0 Å². The molecule has 0 saturated carbocycles. The van der Waals surface area contributed by atoms with E-state index in [9.17, 15) is 4.79 Å². The van der Waals surface area contributed by atoms with Crippen molar-refractivity contribution in [1.82, 2.24) is 19.6 Å². The maximum absolute atomic E-state index is 12.1. The summed E-state index contributed by atoms with van der Waals surface area (Å²) >= 11 is 0. The summed E-state index contributed by atoms with van der Waals surface area (Å²) in [6.45, 7) is 3.86. The molecule has 2 heterocycles. The third-order valence-electron chi connectivity index (χ3n) is 3.89. The van der Waals surface area contributed by atoms with Crippen LogP contribution in [0.2, 0.25) is 0 Å². The van der Waals surface area contributed by atoms with Gasteiger partial charge in [-0.05, 0) is 50.1 Å². The predicted molar refractivity (Wildman–Crippen MR) is 88.4 cm³/mol. The first-order chi connectivity index (χ1) is 11.6. The number of carbonyl (C=O) groups is 1. The molecule has 0 unspecified atom stereocenters. The Labute approximate surface area is 139 Å². The van der Waals surface area contributed by atoms with E-state index in [4.69, 9.17) is 5.26 Å². The van der Waals surface area contributed by atoms with Crippen LogP contribution in [0.1, 0.15) is 28.9 Å². The highest BCUT2D eigenvalue weighted by Gasteiger charge is 2.12. The molecule has 0 atom stereocenters. The molecule has 2 aromatic heterocycles. The topological polar surface area (TPSA) is 96.0 Å². The van der Waals surface area contributed by atoms with E-state index in [1.54, 1.807) is 28.8 Å². The Morgan fingerprint density at radius 1 is 1.29 bits per heavy atom. The van der Waals surface area contributed by atoms with Gasteiger partial charge in [-0.3, -0.25) is 4.79 Å². The maximum atomic E-state index is 12.1. The van der Waals surface area contributed by atoms with E-state index in [-0.39, 0.29) is 5.91 Å². The number of aromatic nitrogens is 4. The number of nitriles is 1. The number of rotatable bonds is 4. The second-order valence-corrected chi connectivity index (χ2v) is 5.47. The van der Waals surface area contributed by atoms with Crippen molar-refractivity contribution in [3.63, 3.8) is 0 Å². The smallest absolute Gasteiger partial charge is 0.252 e. The van der Waals surface area contributed by atoms with E-state index in [2.05, 4.69) is 20.4 Å². The van der Waals surface area contributed by atoms with Crippen molar-refractivity contribution < 1.29 is 4.79 Å². The SMILES string of the molecule is Cc1nc2ncnn2c(C)c1CCC(=O)Nc1ccc(C#N)cc1. The average Bonchev–Trinajstić information content (AvgIpc) is 3.04. The minimum absolute atomic E-state index is 0.0859. The van der Waals surface area contributed by atoms with Crippen molar-refractivity contribution >= 4 is 17.4 Å². The number of nitrogens with one attached hydrogen (secondary N) is 1.